The quantitative estimate of drug-likeness (QED) is 0.242. The molecule has 214 valence electrons. The van der Waals surface area contributed by atoms with Crippen LogP contribution in [0.3, 0.4) is 0 Å². The molecule has 0 bridgehead atoms. The van der Waals surface area contributed by atoms with Gasteiger partial charge in [0.05, 0.1) is 38.7 Å². The van der Waals surface area contributed by atoms with Gasteiger partial charge in [0.25, 0.3) is 5.91 Å². The number of nitrogens with one attached hydrogen (secondary N) is 2. The second kappa shape index (κ2) is 12.3. The third-order valence-electron chi connectivity index (χ3n) is 5.07. The molecule has 4 nitrogen and oxygen atoms in total. The number of benzene rings is 2. The summed E-state index contributed by atoms with van der Waals surface area (Å²) in [4.78, 5) is 23.9. The van der Waals surface area contributed by atoms with Crippen LogP contribution in [0.15, 0.2) is 36.4 Å². The molecule has 0 aliphatic rings. The van der Waals surface area contributed by atoms with Crippen molar-refractivity contribution in [3.05, 3.63) is 73.7 Å². The minimum absolute atomic E-state index is 0.192. The number of carbonyl (C=O) groups is 2. The molecule has 0 radical (unpaired) electrons. The van der Waals surface area contributed by atoms with E-state index in [0.29, 0.717) is 25.1 Å². The lowest BCUT2D eigenvalue weighted by Gasteiger charge is -2.19. The number of carbonyl (C=O) groups excluding carboxylic acids is 2. The fraction of sp³-hybridized carbons (Fsp3) is 0.304. The largest absolute Gasteiger partial charge is 0.417 e. The van der Waals surface area contributed by atoms with E-state index in [9.17, 15) is 49.1 Å². The van der Waals surface area contributed by atoms with Crippen LogP contribution >= 0.6 is 34.8 Å². The molecule has 0 saturated carbocycles. The first kappa shape index (κ1) is 32.6. The van der Waals surface area contributed by atoms with Crippen LogP contribution in [0.25, 0.3) is 6.08 Å². The van der Waals surface area contributed by atoms with E-state index < -0.39 is 65.5 Å². The van der Waals surface area contributed by atoms with Crippen LogP contribution in [0.1, 0.15) is 39.9 Å². The highest BCUT2D eigenvalue weighted by Crippen LogP contribution is 2.41. The molecular weight excluding hydrogens is 614 g/mol. The maximum Gasteiger partial charge on any atom is 0.417 e. The van der Waals surface area contributed by atoms with Gasteiger partial charge in [0, 0.05) is 0 Å². The highest BCUT2D eigenvalue weighted by atomic mass is 35.5. The lowest BCUT2D eigenvalue weighted by atomic mass is 9.96. The van der Waals surface area contributed by atoms with E-state index in [1.807, 2.05) is 0 Å². The Bertz CT molecular complexity index is 1240. The molecule has 0 aromatic heterocycles. The number of hydrogen-bond donors (Lipinski definition) is 2. The molecule has 0 heterocycles. The van der Waals surface area contributed by atoms with Crippen molar-refractivity contribution >= 4 is 52.7 Å². The number of alkyl halides is 9. The molecule has 0 aliphatic carbocycles. The van der Waals surface area contributed by atoms with Gasteiger partial charge in [-0.1, -0.05) is 53.0 Å². The zero-order valence-electron chi connectivity index (χ0n) is 19.3. The number of halogens is 12. The van der Waals surface area contributed by atoms with Gasteiger partial charge in [-0.05, 0) is 42.3 Å². The molecule has 39 heavy (non-hydrogen) atoms. The molecule has 16 heteroatoms. The third kappa shape index (κ3) is 8.94. The van der Waals surface area contributed by atoms with Crippen LogP contribution in [-0.2, 0) is 11.0 Å². The van der Waals surface area contributed by atoms with Crippen LogP contribution in [0, 0.1) is 0 Å². The van der Waals surface area contributed by atoms with Crippen molar-refractivity contribution in [1.29, 1.82) is 0 Å². The molecule has 2 rings (SSSR count). The molecule has 2 atom stereocenters. The monoisotopic (exact) mass is 628 g/mol. The Morgan fingerprint density at radius 2 is 1.46 bits per heavy atom. The highest BCUT2D eigenvalue weighted by molar-refractivity contribution is 6.48. The molecule has 0 spiro atoms. The maximum atomic E-state index is 13.7. The molecule has 2 aromatic rings. The SMILES string of the molecule is CC(NC(=O)CNC(=O)c1ccc(/C=C/C(c2cc(Cl)c(Cl)c(Cl)c2)C(F)(F)F)cc1C(F)(F)F)C(F)(F)F. The van der Waals surface area contributed by atoms with Crippen LogP contribution in [0.2, 0.25) is 15.1 Å². The van der Waals surface area contributed by atoms with Crippen LogP contribution in [0.5, 0.6) is 0 Å². The van der Waals surface area contributed by atoms with Gasteiger partial charge in [-0.2, -0.15) is 39.5 Å². The molecule has 2 N–H and O–H groups in total. The van der Waals surface area contributed by atoms with Crippen LogP contribution in [-0.4, -0.2) is 36.8 Å². The van der Waals surface area contributed by atoms with Gasteiger partial charge in [-0.25, -0.2) is 0 Å². The van der Waals surface area contributed by atoms with Crippen molar-refractivity contribution in [3.8, 4) is 0 Å². The smallest absolute Gasteiger partial charge is 0.343 e. The number of hydrogen-bond acceptors (Lipinski definition) is 2. The molecular formula is C23H16Cl3F9N2O2. The summed E-state index contributed by atoms with van der Waals surface area (Å²) in [5.41, 5.74) is -3.40. The Hall–Kier alpha value is -2.64. The van der Waals surface area contributed by atoms with Gasteiger partial charge in [0.1, 0.15) is 6.04 Å². The summed E-state index contributed by atoms with van der Waals surface area (Å²) in [6, 6.07) is 1.47. The summed E-state index contributed by atoms with van der Waals surface area (Å²) in [5, 5.41) is 2.54. The van der Waals surface area contributed by atoms with Gasteiger partial charge in [-0.15, -0.1) is 0 Å². The first-order valence-electron chi connectivity index (χ1n) is 10.5. The average Bonchev–Trinajstić information content (AvgIpc) is 2.78. The first-order chi connectivity index (χ1) is 17.7. The van der Waals surface area contributed by atoms with Crippen molar-refractivity contribution in [2.75, 3.05) is 6.54 Å². The second-order valence-electron chi connectivity index (χ2n) is 7.99. The standard InChI is InChI=1S/C23H16Cl3F9N2O2/c1-10(21(27,28)29)37-18(38)9-36-20(39)13-4-2-11(6-15(13)23(33,34)35)3-5-14(22(30,31)32)12-7-16(24)19(26)17(25)8-12/h2-8,10,14H,9H2,1H3,(H,36,39)(H,37,38)/b5-3+. The number of allylic oxidation sites excluding steroid dienone is 1. The normalized spacial score (nSPS) is 14.3. The summed E-state index contributed by atoms with van der Waals surface area (Å²) in [6.45, 7) is -0.454. The van der Waals surface area contributed by atoms with Gasteiger partial charge in [-0.3, -0.25) is 9.59 Å². The summed E-state index contributed by atoms with van der Waals surface area (Å²) in [6.07, 6.45) is -13.6. The van der Waals surface area contributed by atoms with E-state index >= 15 is 0 Å². The molecule has 2 unspecified atom stereocenters. The van der Waals surface area contributed by atoms with Crippen molar-refractivity contribution in [1.82, 2.24) is 10.6 Å². The summed E-state index contributed by atoms with van der Waals surface area (Å²) >= 11 is 17.3. The fourth-order valence-electron chi connectivity index (χ4n) is 3.10. The predicted molar refractivity (Wildman–Crippen MR) is 127 cm³/mol. The Morgan fingerprint density at radius 1 is 0.897 bits per heavy atom. The molecule has 2 amide bonds. The van der Waals surface area contributed by atoms with E-state index in [0.717, 1.165) is 24.3 Å². The summed E-state index contributed by atoms with van der Waals surface area (Å²) in [5.74, 6) is -5.12. The van der Waals surface area contributed by atoms with Crippen molar-refractivity contribution in [2.24, 2.45) is 0 Å². The van der Waals surface area contributed by atoms with Gasteiger partial charge >= 0.3 is 18.5 Å². The molecule has 0 aliphatic heterocycles. The van der Waals surface area contributed by atoms with E-state index in [1.165, 1.54) is 5.32 Å². The Labute approximate surface area is 230 Å². The number of rotatable bonds is 7. The zero-order valence-corrected chi connectivity index (χ0v) is 21.5. The Balaban J connectivity index is 2.33. The van der Waals surface area contributed by atoms with Crippen molar-refractivity contribution < 1.29 is 49.1 Å². The summed E-state index contributed by atoms with van der Waals surface area (Å²) < 4.78 is 120. The first-order valence-corrected chi connectivity index (χ1v) is 11.6. The summed E-state index contributed by atoms with van der Waals surface area (Å²) in [7, 11) is 0. The molecule has 2 aromatic carbocycles. The van der Waals surface area contributed by atoms with E-state index in [2.05, 4.69) is 0 Å². The predicted octanol–water partition coefficient (Wildman–Crippen LogP) is 7.82. The topological polar surface area (TPSA) is 58.2 Å². The maximum absolute atomic E-state index is 13.7. The zero-order chi connectivity index (χ0) is 29.9. The van der Waals surface area contributed by atoms with Gasteiger partial charge in [0.15, 0.2) is 0 Å². The van der Waals surface area contributed by atoms with Gasteiger partial charge in [0.2, 0.25) is 5.91 Å². The molecule has 0 fully saturated rings. The number of amides is 2. The van der Waals surface area contributed by atoms with Crippen molar-refractivity contribution in [3.63, 3.8) is 0 Å². The van der Waals surface area contributed by atoms with E-state index in [-0.39, 0.29) is 20.6 Å². The minimum atomic E-state index is -5.16. The van der Waals surface area contributed by atoms with E-state index in [1.54, 1.807) is 5.32 Å². The van der Waals surface area contributed by atoms with Gasteiger partial charge < -0.3 is 10.6 Å². The lowest BCUT2D eigenvalue weighted by Crippen LogP contribution is -2.47. The van der Waals surface area contributed by atoms with Crippen LogP contribution in [0.4, 0.5) is 39.5 Å². The average molecular weight is 630 g/mol. The molecule has 0 saturated heterocycles. The van der Waals surface area contributed by atoms with Crippen molar-refractivity contribution in [2.45, 2.75) is 37.4 Å². The highest BCUT2D eigenvalue weighted by Gasteiger charge is 2.40. The van der Waals surface area contributed by atoms with E-state index in [4.69, 9.17) is 34.8 Å². The fourth-order valence-corrected chi connectivity index (χ4v) is 3.71. The van der Waals surface area contributed by atoms with Crippen LogP contribution < -0.4 is 10.6 Å². The Morgan fingerprint density at radius 3 is 1.95 bits per heavy atom. The lowest BCUT2D eigenvalue weighted by molar-refractivity contribution is -0.157. The second-order valence-corrected chi connectivity index (χ2v) is 9.19. The Kier molecular flexibility index (Phi) is 10.2. The minimum Gasteiger partial charge on any atom is -0.343 e. The third-order valence-corrected chi connectivity index (χ3v) is 6.27.